The van der Waals surface area contributed by atoms with Crippen molar-refractivity contribution in [3.05, 3.63) is 18.6 Å². The molecule has 2 rings (SSSR count). The molecule has 0 radical (unpaired) electrons. The summed E-state index contributed by atoms with van der Waals surface area (Å²) in [6, 6.07) is 1.95. The summed E-state index contributed by atoms with van der Waals surface area (Å²) in [5.74, 6) is 1.24. The fourth-order valence-electron chi connectivity index (χ4n) is 1.62. The van der Waals surface area contributed by atoms with Crippen molar-refractivity contribution in [2.45, 2.75) is 19.2 Å². The van der Waals surface area contributed by atoms with Crippen LogP contribution in [0.2, 0.25) is 0 Å². The van der Waals surface area contributed by atoms with Crippen molar-refractivity contribution in [3.8, 4) is 0 Å². The standard InChI is InChI=1S/C12H17ClN4/c1-8(2)9(13)6-15-12-11-10(4-5-14-12)17(3)7-16-11/h4-5,7-9H,6H2,1-3H3,(H,14,15). The van der Waals surface area contributed by atoms with E-state index < -0.39 is 0 Å². The number of nitrogens with one attached hydrogen (secondary N) is 1. The van der Waals surface area contributed by atoms with Gasteiger partial charge in [-0.25, -0.2) is 9.97 Å². The van der Waals surface area contributed by atoms with Crippen molar-refractivity contribution < 1.29 is 0 Å². The van der Waals surface area contributed by atoms with Gasteiger partial charge in [0.15, 0.2) is 5.82 Å². The van der Waals surface area contributed by atoms with Crippen molar-refractivity contribution in [3.63, 3.8) is 0 Å². The number of halogens is 1. The van der Waals surface area contributed by atoms with Crippen LogP contribution in [0, 0.1) is 5.92 Å². The van der Waals surface area contributed by atoms with Gasteiger partial charge >= 0.3 is 0 Å². The van der Waals surface area contributed by atoms with Gasteiger partial charge in [-0.05, 0) is 12.0 Å². The Morgan fingerprint density at radius 1 is 1.41 bits per heavy atom. The highest BCUT2D eigenvalue weighted by molar-refractivity contribution is 6.21. The minimum absolute atomic E-state index is 0.0933. The molecule has 0 aliphatic carbocycles. The Kier molecular flexibility index (Phi) is 3.52. The number of pyridine rings is 1. The molecule has 2 heterocycles. The molecule has 1 unspecified atom stereocenters. The molecular formula is C12H17ClN4. The van der Waals surface area contributed by atoms with E-state index in [0.717, 1.165) is 16.9 Å². The molecule has 0 aliphatic heterocycles. The molecule has 4 nitrogen and oxygen atoms in total. The molecular weight excluding hydrogens is 236 g/mol. The number of aromatic nitrogens is 3. The van der Waals surface area contributed by atoms with Crippen LogP contribution in [0.25, 0.3) is 11.0 Å². The zero-order valence-corrected chi connectivity index (χ0v) is 11.1. The molecule has 0 bridgehead atoms. The number of fused-ring (bicyclic) bond motifs is 1. The third-order valence-corrected chi connectivity index (χ3v) is 3.49. The lowest BCUT2D eigenvalue weighted by molar-refractivity contribution is 0.616. The number of nitrogens with zero attached hydrogens (tertiary/aromatic N) is 3. The minimum Gasteiger partial charge on any atom is -0.367 e. The lowest BCUT2D eigenvalue weighted by atomic mass is 10.1. The smallest absolute Gasteiger partial charge is 0.154 e. The molecule has 2 aromatic heterocycles. The van der Waals surface area contributed by atoms with Gasteiger partial charge in [-0.1, -0.05) is 13.8 Å². The Hall–Kier alpha value is -1.29. The van der Waals surface area contributed by atoms with Gasteiger partial charge in [0.05, 0.1) is 17.2 Å². The average Bonchev–Trinajstić information content (AvgIpc) is 2.69. The number of hydrogen-bond acceptors (Lipinski definition) is 3. The number of aryl methyl sites for hydroxylation is 1. The fourth-order valence-corrected chi connectivity index (χ4v) is 1.70. The van der Waals surface area contributed by atoms with Crippen LogP contribution in [0.5, 0.6) is 0 Å². The molecule has 5 heteroatoms. The van der Waals surface area contributed by atoms with Crippen LogP contribution in [0.1, 0.15) is 13.8 Å². The van der Waals surface area contributed by atoms with Gasteiger partial charge in [0.1, 0.15) is 5.52 Å². The number of imidazole rings is 1. The van der Waals surface area contributed by atoms with Crippen LogP contribution < -0.4 is 5.32 Å². The lowest BCUT2D eigenvalue weighted by Gasteiger charge is -2.14. The van der Waals surface area contributed by atoms with Gasteiger partial charge in [0, 0.05) is 19.8 Å². The molecule has 0 spiro atoms. The zero-order valence-electron chi connectivity index (χ0n) is 10.3. The summed E-state index contributed by atoms with van der Waals surface area (Å²) in [6.45, 7) is 4.91. The average molecular weight is 253 g/mol. The van der Waals surface area contributed by atoms with E-state index in [1.807, 2.05) is 17.7 Å². The predicted molar refractivity (Wildman–Crippen MR) is 71.5 cm³/mol. The molecule has 0 aromatic carbocycles. The largest absolute Gasteiger partial charge is 0.367 e. The van der Waals surface area contributed by atoms with Crippen LogP contribution in [0.15, 0.2) is 18.6 Å². The molecule has 0 saturated carbocycles. The summed E-state index contributed by atoms with van der Waals surface area (Å²) < 4.78 is 1.98. The van der Waals surface area contributed by atoms with E-state index in [1.54, 1.807) is 12.5 Å². The quantitative estimate of drug-likeness (QED) is 0.851. The third-order valence-electron chi connectivity index (χ3n) is 2.83. The van der Waals surface area contributed by atoms with Gasteiger partial charge < -0.3 is 9.88 Å². The van der Waals surface area contributed by atoms with E-state index in [4.69, 9.17) is 11.6 Å². The zero-order chi connectivity index (χ0) is 12.4. The van der Waals surface area contributed by atoms with Crippen molar-refractivity contribution in [2.75, 3.05) is 11.9 Å². The second kappa shape index (κ2) is 4.92. The summed E-state index contributed by atoms with van der Waals surface area (Å²) in [7, 11) is 1.97. The van der Waals surface area contributed by atoms with Crippen LogP contribution in [0.4, 0.5) is 5.82 Å². The van der Waals surface area contributed by atoms with Crippen LogP contribution in [0.3, 0.4) is 0 Å². The molecule has 0 aliphatic rings. The predicted octanol–water partition coefficient (Wildman–Crippen LogP) is 2.64. The molecule has 0 fully saturated rings. The maximum absolute atomic E-state index is 6.21. The Labute approximate surface area is 106 Å². The van der Waals surface area contributed by atoms with Crippen molar-refractivity contribution >= 4 is 28.5 Å². The van der Waals surface area contributed by atoms with E-state index in [1.165, 1.54) is 0 Å². The molecule has 1 atom stereocenters. The van der Waals surface area contributed by atoms with Crippen molar-refractivity contribution in [1.29, 1.82) is 0 Å². The normalized spacial score (nSPS) is 13.2. The van der Waals surface area contributed by atoms with Gasteiger partial charge in [-0.15, -0.1) is 11.6 Å². The first-order valence-electron chi connectivity index (χ1n) is 5.73. The fraction of sp³-hybridized carbons (Fsp3) is 0.500. The number of rotatable bonds is 4. The Balaban J connectivity index is 2.19. The Morgan fingerprint density at radius 2 is 2.18 bits per heavy atom. The first-order valence-corrected chi connectivity index (χ1v) is 6.17. The Bertz CT molecular complexity index is 506. The molecule has 92 valence electrons. The maximum atomic E-state index is 6.21. The second-order valence-electron chi connectivity index (χ2n) is 4.52. The van der Waals surface area contributed by atoms with Gasteiger partial charge in [-0.2, -0.15) is 0 Å². The monoisotopic (exact) mass is 252 g/mol. The second-order valence-corrected chi connectivity index (χ2v) is 5.08. The SMILES string of the molecule is CC(C)C(Cl)CNc1nccc2c1ncn2C. The summed E-state index contributed by atoms with van der Waals surface area (Å²) in [5.41, 5.74) is 1.96. The van der Waals surface area contributed by atoms with Gasteiger partial charge in [-0.3, -0.25) is 0 Å². The van der Waals surface area contributed by atoms with Crippen molar-refractivity contribution in [1.82, 2.24) is 14.5 Å². The van der Waals surface area contributed by atoms with E-state index in [0.29, 0.717) is 12.5 Å². The highest BCUT2D eigenvalue weighted by atomic mass is 35.5. The van der Waals surface area contributed by atoms with Crippen LogP contribution >= 0.6 is 11.6 Å². The minimum atomic E-state index is 0.0933. The first kappa shape index (κ1) is 12.2. The van der Waals surface area contributed by atoms with E-state index in [-0.39, 0.29) is 5.38 Å². The van der Waals surface area contributed by atoms with Crippen LogP contribution in [-0.4, -0.2) is 26.5 Å². The van der Waals surface area contributed by atoms with Gasteiger partial charge in [0.25, 0.3) is 0 Å². The summed E-state index contributed by atoms with van der Waals surface area (Å²) in [6.07, 6.45) is 3.57. The van der Waals surface area contributed by atoms with Crippen LogP contribution in [-0.2, 0) is 7.05 Å². The maximum Gasteiger partial charge on any atom is 0.154 e. The molecule has 17 heavy (non-hydrogen) atoms. The van der Waals surface area contributed by atoms with E-state index >= 15 is 0 Å². The highest BCUT2D eigenvalue weighted by Crippen LogP contribution is 2.19. The third kappa shape index (κ3) is 2.52. The van der Waals surface area contributed by atoms with Gasteiger partial charge in [0.2, 0.25) is 0 Å². The molecule has 1 N–H and O–H groups in total. The number of alkyl halides is 1. The number of hydrogen-bond donors (Lipinski definition) is 1. The summed E-state index contributed by atoms with van der Waals surface area (Å²) in [5, 5.41) is 3.36. The van der Waals surface area contributed by atoms with E-state index in [2.05, 4.69) is 29.1 Å². The highest BCUT2D eigenvalue weighted by Gasteiger charge is 2.11. The topological polar surface area (TPSA) is 42.7 Å². The number of anilines is 1. The summed E-state index contributed by atoms with van der Waals surface area (Å²) >= 11 is 6.21. The van der Waals surface area contributed by atoms with Crippen molar-refractivity contribution in [2.24, 2.45) is 13.0 Å². The molecule has 0 amide bonds. The molecule has 0 saturated heterocycles. The lowest BCUT2D eigenvalue weighted by Crippen LogP contribution is -2.20. The van der Waals surface area contributed by atoms with E-state index in [9.17, 15) is 0 Å². The Morgan fingerprint density at radius 3 is 2.88 bits per heavy atom. The molecule has 2 aromatic rings. The first-order chi connectivity index (χ1) is 8.09. The summed E-state index contributed by atoms with van der Waals surface area (Å²) in [4.78, 5) is 8.64.